The quantitative estimate of drug-likeness (QED) is 0.356. The van der Waals surface area contributed by atoms with E-state index in [1.54, 1.807) is 6.07 Å². The first-order chi connectivity index (χ1) is 10.1. The molecule has 1 aromatic heterocycles. The maximum absolute atomic E-state index is 11.8. The summed E-state index contributed by atoms with van der Waals surface area (Å²) in [4.78, 5) is 16.0. The molecule has 0 aliphatic rings. The maximum atomic E-state index is 11.8. The number of aromatic nitrogens is 2. The molecule has 0 saturated carbocycles. The molecule has 1 aromatic carbocycles. The summed E-state index contributed by atoms with van der Waals surface area (Å²) in [6, 6.07) is 11.6. The van der Waals surface area contributed by atoms with Gasteiger partial charge in [-0.2, -0.15) is 0 Å². The molecule has 0 bridgehead atoms. The highest BCUT2D eigenvalue weighted by molar-refractivity contribution is 8.13. The molecule has 0 fully saturated rings. The van der Waals surface area contributed by atoms with Crippen LogP contribution in [0.25, 0.3) is 0 Å². The minimum absolute atomic E-state index is 0.245. The van der Waals surface area contributed by atoms with E-state index < -0.39 is 0 Å². The molecule has 0 saturated heterocycles. The van der Waals surface area contributed by atoms with Crippen molar-refractivity contribution in [1.29, 1.82) is 0 Å². The highest BCUT2D eigenvalue weighted by atomic mass is 32.2. The summed E-state index contributed by atoms with van der Waals surface area (Å²) in [6.45, 7) is 4.31. The molecule has 0 N–H and O–H groups in total. The Balaban J connectivity index is 1.94. The van der Waals surface area contributed by atoms with Gasteiger partial charge in [0.15, 0.2) is 0 Å². The zero-order chi connectivity index (χ0) is 15.2. The number of nitrogens with zero attached hydrogens (tertiary/aromatic N) is 2. The van der Waals surface area contributed by atoms with Crippen molar-refractivity contribution in [1.82, 2.24) is 9.55 Å². The predicted octanol–water partition coefficient (Wildman–Crippen LogP) is 4.62. The number of carbonyl (C=O) groups is 1. The Bertz CT molecular complexity index is 669. The third-order valence-electron chi connectivity index (χ3n) is 2.75. The molecule has 0 aliphatic heterocycles. The largest absolute Gasteiger partial charge is 0.452 e. The van der Waals surface area contributed by atoms with Gasteiger partial charge in [-0.25, -0.2) is 9.78 Å². The molecule has 0 unspecified atom stereocenters. The van der Waals surface area contributed by atoms with E-state index in [1.165, 1.54) is 0 Å². The summed E-state index contributed by atoms with van der Waals surface area (Å²) in [7, 11) is 0. The fourth-order valence-electron chi connectivity index (χ4n) is 1.68. The van der Waals surface area contributed by atoms with Gasteiger partial charge in [0.05, 0.1) is 0 Å². The Morgan fingerprint density at radius 2 is 2.05 bits per heavy atom. The Hall–Kier alpha value is -1.66. The minimum Gasteiger partial charge on any atom is -0.452 e. The van der Waals surface area contributed by atoms with Gasteiger partial charge in [-0.15, -0.1) is 0 Å². The van der Waals surface area contributed by atoms with Crippen LogP contribution in [0.5, 0.6) is 0 Å². The highest BCUT2D eigenvalue weighted by Crippen LogP contribution is 2.19. The van der Waals surface area contributed by atoms with Crippen LogP contribution in [0, 0.1) is 4.77 Å². The summed E-state index contributed by atoms with van der Waals surface area (Å²) in [6.07, 6.45) is 1.84. The van der Waals surface area contributed by atoms with Gasteiger partial charge in [0.1, 0.15) is 11.6 Å². The Kier molecular flexibility index (Phi) is 5.52. The van der Waals surface area contributed by atoms with E-state index in [0.29, 0.717) is 9.80 Å². The Labute approximate surface area is 133 Å². The number of ether oxygens (including phenoxy) is 1. The van der Waals surface area contributed by atoms with E-state index in [-0.39, 0.29) is 18.0 Å². The van der Waals surface area contributed by atoms with Crippen molar-refractivity contribution in [3.63, 3.8) is 0 Å². The van der Waals surface area contributed by atoms with Crippen LogP contribution >= 0.6 is 24.0 Å². The van der Waals surface area contributed by atoms with Gasteiger partial charge < -0.3 is 9.30 Å². The molecular formula is C15H16N2O2S2. The number of thioether (sulfide) groups is 1. The Morgan fingerprint density at radius 3 is 2.67 bits per heavy atom. The molecule has 4 nitrogen and oxygen atoms in total. The van der Waals surface area contributed by atoms with E-state index in [1.807, 2.05) is 54.9 Å². The van der Waals surface area contributed by atoms with Crippen molar-refractivity contribution in [2.75, 3.05) is 0 Å². The lowest BCUT2D eigenvalue weighted by Gasteiger charge is -2.10. The molecule has 21 heavy (non-hydrogen) atoms. The predicted molar refractivity (Wildman–Crippen MR) is 85.9 cm³/mol. The van der Waals surface area contributed by atoms with Crippen LogP contribution < -0.4 is 0 Å². The van der Waals surface area contributed by atoms with Crippen LogP contribution in [0.2, 0.25) is 0 Å². The fraction of sp³-hybridized carbons (Fsp3) is 0.267. The first-order valence-corrected chi connectivity index (χ1v) is 7.76. The molecule has 6 heteroatoms. The summed E-state index contributed by atoms with van der Waals surface area (Å²) in [5.41, 5.74) is 0.953. The monoisotopic (exact) mass is 320 g/mol. The summed E-state index contributed by atoms with van der Waals surface area (Å²) in [5, 5.41) is 0.165. The van der Waals surface area contributed by atoms with Crippen LogP contribution in [0.1, 0.15) is 25.5 Å². The number of benzene rings is 1. The van der Waals surface area contributed by atoms with E-state index in [0.717, 1.165) is 17.3 Å². The van der Waals surface area contributed by atoms with Gasteiger partial charge in [0.2, 0.25) is 4.77 Å². The van der Waals surface area contributed by atoms with Gasteiger partial charge in [-0.05, 0) is 37.7 Å². The molecule has 1 heterocycles. The van der Waals surface area contributed by atoms with Crippen LogP contribution in [0.4, 0.5) is 4.79 Å². The van der Waals surface area contributed by atoms with Crippen LogP contribution in [0.15, 0.2) is 47.6 Å². The van der Waals surface area contributed by atoms with E-state index in [4.69, 9.17) is 17.0 Å². The van der Waals surface area contributed by atoms with Crippen molar-refractivity contribution in [3.8, 4) is 0 Å². The van der Waals surface area contributed by atoms with Gasteiger partial charge in [0, 0.05) is 24.0 Å². The smallest absolute Gasteiger partial charge is 0.374 e. The van der Waals surface area contributed by atoms with Gasteiger partial charge in [-0.1, -0.05) is 30.3 Å². The van der Waals surface area contributed by atoms with Crippen molar-refractivity contribution < 1.29 is 9.53 Å². The lowest BCUT2D eigenvalue weighted by molar-refractivity contribution is 0.168. The van der Waals surface area contributed by atoms with Gasteiger partial charge in [0.25, 0.3) is 0 Å². The first-order valence-electron chi connectivity index (χ1n) is 6.54. The molecule has 110 valence electrons. The molecular weight excluding hydrogens is 304 g/mol. The first kappa shape index (κ1) is 15.7. The SMILES string of the molecule is CC(C)n1ccc(SC(=O)OCc2ccccc2)nc1=S. The van der Waals surface area contributed by atoms with Crippen LogP contribution in [-0.4, -0.2) is 14.9 Å². The van der Waals surface area contributed by atoms with Crippen molar-refractivity contribution >= 4 is 29.3 Å². The second kappa shape index (κ2) is 7.38. The average molecular weight is 320 g/mol. The minimum atomic E-state index is -0.386. The summed E-state index contributed by atoms with van der Waals surface area (Å²) < 4.78 is 7.53. The fourth-order valence-corrected chi connectivity index (χ4v) is 2.66. The van der Waals surface area contributed by atoms with Crippen LogP contribution in [-0.2, 0) is 11.3 Å². The van der Waals surface area contributed by atoms with Crippen molar-refractivity contribution in [3.05, 3.63) is 52.9 Å². The second-order valence-corrected chi connectivity index (χ2v) is 6.00. The third-order valence-corrected chi connectivity index (χ3v) is 3.77. The zero-order valence-electron chi connectivity index (χ0n) is 11.9. The van der Waals surface area contributed by atoms with Crippen LogP contribution in [0.3, 0.4) is 0 Å². The van der Waals surface area contributed by atoms with E-state index >= 15 is 0 Å². The average Bonchev–Trinajstić information content (AvgIpc) is 2.46. The normalized spacial score (nSPS) is 10.6. The summed E-state index contributed by atoms with van der Waals surface area (Å²) >= 11 is 6.14. The van der Waals surface area contributed by atoms with Gasteiger partial charge >= 0.3 is 5.30 Å². The highest BCUT2D eigenvalue weighted by Gasteiger charge is 2.09. The second-order valence-electron chi connectivity index (χ2n) is 4.68. The van der Waals surface area contributed by atoms with Gasteiger partial charge in [-0.3, -0.25) is 0 Å². The molecule has 2 aromatic rings. The standard InChI is InChI=1S/C15H16N2O2S2/c1-11(2)17-9-8-13(16-14(17)20)21-15(18)19-10-12-6-4-3-5-7-12/h3-9,11H,10H2,1-2H3. The molecule has 0 amide bonds. The van der Waals surface area contributed by atoms with E-state index in [2.05, 4.69) is 4.98 Å². The number of hydrogen-bond acceptors (Lipinski definition) is 5. The summed E-state index contributed by atoms with van der Waals surface area (Å²) in [5.74, 6) is 0. The molecule has 0 spiro atoms. The number of carbonyl (C=O) groups excluding carboxylic acids is 1. The molecule has 0 aliphatic carbocycles. The molecule has 0 radical (unpaired) electrons. The molecule has 0 atom stereocenters. The Morgan fingerprint density at radius 1 is 1.33 bits per heavy atom. The maximum Gasteiger partial charge on any atom is 0.374 e. The lowest BCUT2D eigenvalue weighted by atomic mass is 10.2. The number of hydrogen-bond donors (Lipinski definition) is 0. The number of rotatable bonds is 4. The topological polar surface area (TPSA) is 44.1 Å². The van der Waals surface area contributed by atoms with Crippen molar-refractivity contribution in [2.45, 2.75) is 31.5 Å². The third kappa shape index (κ3) is 4.68. The molecule has 2 rings (SSSR count). The lowest BCUT2D eigenvalue weighted by Crippen LogP contribution is -2.05. The van der Waals surface area contributed by atoms with Crippen molar-refractivity contribution in [2.24, 2.45) is 0 Å². The van der Waals surface area contributed by atoms with E-state index in [9.17, 15) is 4.79 Å². The zero-order valence-corrected chi connectivity index (χ0v) is 13.5.